The van der Waals surface area contributed by atoms with E-state index in [0.717, 1.165) is 35.4 Å². The van der Waals surface area contributed by atoms with Crippen LogP contribution in [-0.4, -0.2) is 39.2 Å². The van der Waals surface area contributed by atoms with Crippen molar-refractivity contribution in [2.75, 3.05) is 25.0 Å². The molecule has 0 saturated carbocycles. The summed E-state index contributed by atoms with van der Waals surface area (Å²) in [6.07, 6.45) is 2.45. The molecule has 1 aliphatic rings. The molecule has 2 aromatic rings. The first-order valence-electron chi connectivity index (χ1n) is 7.37. The maximum absolute atomic E-state index is 12.2. The van der Waals surface area contributed by atoms with Crippen LogP contribution in [0.1, 0.15) is 25.3 Å². The van der Waals surface area contributed by atoms with Gasteiger partial charge in [0.25, 0.3) is 0 Å². The number of aromatic nitrogens is 2. The number of amides is 1. The van der Waals surface area contributed by atoms with Gasteiger partial charge in [-0.2, -0.15) is 8.75 Å². The molecule has 1 aromatic heterocycles. The minimum atomic E-state index is 0.0507. The van der Waals surface area contributed by atoms with Gasteiger partial charge in [0.2, 0.25) is 5.91 Å². The topological polar surface area (TPSA) is 58.1 Å². The monoisotopic (exact) mass is 304 g/mol. The summed E-state index contributed by atoms with van der Waals surface area (Å²) in [6.45, 7) is 6.73. The first-order valence-corrected chi connectivity index (χ1v) is 8.10. The Morgan fingerprint density at radius 2 is 2.33 bits per heavy atom. The van der Waals surface area contributed by atoms with E-state index >= 15 is 0 Å². The van der Waals surface area contributed by atoms with Crippen LogP contribution in [0.25, 0.3) is 11.0 Å². The van der Waals surface area contributed by atoms with E-state index in [4.69, 9.17) is 0 Å². The highest BCUT2D eigenvalue weighted by molar-refractivity contribution is 7.00. The number of aryl methyl sites for hydroxylation is 1. The zero-order valence-corrected chi connectivity index (χ0v) is 13.2. The molecule has 1 aromatic carbocycles. The van der Waals surface area contributed by atoms with E-state index in [2.05, 4.69) is 25.9 Å². The molecule has 112 valence electrons. The predicted molar refractivity (Wildman–Crippen MR) is 85.6 cm³/mol. The molecule has 1 saturated heterocycles. The lowest BCUT2D eigenvalue weighted by atomic mass is 10.0. The van der Waals surface area contributed by atoms with Crippen molar-refractivity contribution in [1.82, 2.24) is 13.6 Å². The Labute approximate surface area is 128 Å². The van der Waals surface area contributed by atoms with Crippen LogP contribution in [0.2, 0.25) is 0 Å². The highest BCUT2D eigenvalue weighted by Crippen LogP contribution is 2.24. The van der Waals surface area contributed by atoms with Crippen molar-refractivity contribution < 1.29 is 4.79 Å². The Hall–Kier alpha value is -1.53. The van der Waals surface area contributed by atoms with E-state index in [9.17, 15) is 4.79 Å². The fourth-order valence-corrected chi connectivity index (χ4v) is 3.53. The number of carbonyl (C=O) groups is 1. The molecule has 0 unspecified atom stereocenters. The second-order valence-electron chi connectivity index (χ2n) is 5.90. The zero-order valence-electron chi connectivity index (χ0n) is 12.4. The van der Waals surface area contributed by atoms with Crippen LogP contribution in [0, 0.1) is 12.8 Å². The molecular weight excluding hydrogens is 284 g/mol. The molecule has 1 aliphatic heterocycles. The number of piperidine rings is 1. The van der Waals surface area contributed by atoms with E-state index in [1.54, 1.807) is 0 Å². The van der Waals surface area contributed by atoms with Crippen LogP contribution in [0.5, 0.6) is 0 Å². The number of hydrogen-bond acceptors (Lipinski definition) is 5. The van der Waals surface area contributed by atoms with Gasteiger partial charge >= 0.3 is 0 Å². The average Bonchev–Trinajstić information content (AvgIpc) is 2.91. The molecule has 1 atom stereocenters. The van der Waals surface area contributed by atoms with Gasteiger partial charge in [0, 0.05) is 17.8 Å². The molecule has 3 rings (SSSR count). The van der Waals surface area contributed by atoms with Crippen LogP contribution in [0.3, 0.4) is 0 Å². The normalized spacial score (nSPS) is 19.8. The largest absolute Gasteiger partial charge is 0.325 e. The maximum Gasteiger partial charge on any atom is 0.238 e. The van der Waals surface area contributed by atoms with Gasteiger partial charge in [-0.1, -0.05) is 6.92 Å². The third-order valence-corrected chi connectivity index (χ3v) is 4.61. The van der Waals surface area contributed by atoms with Crippen LogP contribution < -0.4 is 5.32 Å². The Kier molecular flexibility index (Phi) is 4.17. The minimum Gasteiger partial charge on any atom is -0.325 e. The van der Waals surface area contributed by atoms with Gasteiger partial charge in [-0.3, -0.25) is 9.69 Å². The number of likely N-dealkylation sites (tertiary alicyclic amines) is 1. The number of hydrogen-bond donors (Lipinski definition) is 1. The molecule has 21 heavy (non-hydrogen) atoms. The maximum atomic E-state index is 12.2. The van der Waals surface area contributed by atoms with Crippen molar-refractivity contribution in [1.29, 1.82) is 0 Å². The third kappa shape index (κ3) is 3.22. The van der Waals surface area contributed by atoms with Crippen molar-refractivity contribution >= 4 is 34.4 Å². The molecule has 5 nitrogen and oxygen atoms in total. The van der Waals surface area contributed by atoms with Gasteiger partial charge < -0.3 is 5.32 Å². The summed E-state index contributed by atoms with van der Waals surface area (Å²) < 4.78 is 8.49. The summed E-state index contributed by atoms with van der Waals surface area (Å²) in [7, 11) is 0. The lowest BCUT2D eigenvalue weighted by Crippen LogP contribution is -2.39. The first-order chi connectivity index (χ1) is 10.1. The lowest BCUT2D eigenvalue weighted by Gasteiger charge is -2.30. The molecule has 0 radical (unpaired) electrons. The minimum absolute atomic E-state index is 0.0507. The van der Waals surface area contributed by atoms with Gasteiger partial charge in [0.05, 0.1) is 18.3 Å². The van der Waals surface area contributed by atoms with Gasteiger partial charge in [0.1, 0.15) is 11.0 Å². The van der Waals surface area contributed by atoms with Crippen molar-refractivity contribution in [2.24, 2.45) is 5.92 Å². The summed E-state index contributed by atoms with van der Waals surface area (Å²) in [5.74, 6) is 0.737. The molecule has 0 aliphatic carbocycles. The summed E-state index contributed by atoms with van der Waals surface area (Å²) in [6, 6.07) is 3.82. The fraction of sp³-hybridized carbons (Fsp3) is 0.533. The summed E-state index contributed by atoms with van der Waals surface area (Å²) in [5, 5.41) is 3.01. The average molecular weight is 304 g/mol. The van der Waals surface area contributed by atoms with E-state index in [0.29, 0.717) is 12.5 Å². The van der Waals surface area contributed by atoms with Crippen molar-refractivity contribution in [3.8, 4) is 0 Å². The van der Waals surface area contributed by atoms with Gasteiger partial charge in [-0.05, 0) is 44.4 Å². The third-order valence-electron chi connectivity index (χ3n) is 4.06. The van der Waals surface area contributed by atoms with E-state index in [1.165, 1.54) is 24.6 Å². The first kappa shape index (κ1) is 14.4. The molecule has 1 fully saturated rings. The molecule has 0 bridgehead atoms. The van der Waals surface area contributed by atoms with Crippen LogP contribution >= 0.6 is 11.7 Å². The molecule has 1 amide bonds. The van der Waals surface area contributed by atoms with Crippen LogP contribution in [0.4, 0.5) is 5.69 Å². The molecule has 6 heteroatoms. The SMILES string of the molecule is Cc1c(NC(=O)CN2CCC[C@@H](C)C2)ccc2nsnc12. The molecule has 0 spiro atoms. The second kappa shape index (κ2) is 6.07. The van der Waals surface area contributed by atoms with E-state index in [1.807, 2.05) is 19.1 Å². The van der Waals surface area contributed by atoms with Crippen LogP contribution in [0.15, 0.2) is 12.1 Å². The highest BCUT2D eigenvalue weighted by Gasteiger charge is 2.19. The number of nitrogens with one attached hydrogen (secondary N) is 1. The number of fused-ring (bicyclic) bond motifs is 1. The van der Waals surface area contributed by atoms with Gasteiger partial charge in [-0.25, -0.2) is 0 Å². The summed E-state index contributed by atoms with van der Waals surface area (Å²) >= 11 is 1.20. The Morgan fingerprint density at radius 3 is 3.14 bits per heavy atom. The number of nitrogens with zero attached hydrogens (tertiary/aromatic N) is 3. The smallest absolute Gasteiger partial charge is 0.238 e. The summed E-state index contributed by atoms with van der Waals surface area (Å²) in [4.78, 5) is 14.5. The molecule has 1 N–H and O–H groups in total. The zero-order chi connectivity index (χ0) is 14.8. The summed E-state index contributed by atoms with van der Waals surface area (Å²) in [5.41, 5.74) is 3.59. The second-order valence-corrected chi connectivity index (χ2v) is 6.43. The number of rotatable bonds is 3. The Balaban J connectivity index is 1.67. The number of carbonyl (C=O) groups excluding carboxylic acids is 1. The molecule has 2 heterocycles. The lowest BCUT2D eigenvalue weighted by molar-refractivity contribution is -0.117. The van der Waals surface area contributed by atoms with Crippen molar-refractivity contribution in [3.63, 3.8) is 0 Å². The number of anilines is 1. The van der Waals surface area contributed by atoms with Gasteiger partial charge in [0.15, 0.2) is 0 Å². The van der Waals surface area contributed by atoms with Gasteiger partial charge in [-0.15, -0.1) is 0 Å². The Morgan fingerprint density at radius 1 is 1.48 bits per heavy atom. The van der Waals surface area contributed by atoms with Crippen molar-refractivity contribution in [2.45, 2.75) is 26.7 Å². The number of benzene rings is 1. The highest BCUT2D eigenvalue weighted by atomic mass is 32.1. The predicted octanol–water partition coefficient (Wildman–Crippen LogP) is 2.67. The Bertz CT molecular complexity index is 654. The fourth-order valence-electron chi connectivity index (χ4n) is 2.94. The van der Waals surface area contributed by atoms with Crippen LogP contribution in [-0.2, 0) is 4.79 Å². The van der Waals surface area contributed by atoms with Crippen molar-refractivity contribution in [3.05, 3.63) is 17.7 Å². The van der Waals surface area contributed by atoms with E-state index < -0.39 is 0 Å². The molecular formula is C15H20N4OS. The van der Waals surface area contributed by atoms with E-state index in [-0.39, 0.29) is 5.91 Å². The quantitative estimate of drug-likeness (QED) is 0.947. The standard InChI is InChI=1S/C15H20N4OS/c1-10-4-3-7-19(8-10)9-14(20)16-12-5-6-13-15(11(12)2)18-21-17-13/h5-6,10H,3-4,7-9H2,1-2H3,(H,16,20)/t10-/m1/s1.